The highest BCUT2D eigenvalue weighted by Crippen LogP contribution is 2.30. The van der Waals surface area contributed by atoms with Crippen molar-refractivity contribution in [1.29, 1.82) is 0 Å². The van der Waals surface area contributed by atoms with Gasteiger partial charge in [-0.2, -0.15) is 0 Å². The first-order valence-corrected chi connectivity index (χ1v) is 8.11. The van der Waals surface area contributed by atoms with Gasteiger partial charge in [-0.1, -0.05) is 63.4 Å². The van der Waals surface area contributed by atoms with Gasteiger partial charge >= 0.3 is 0 Å². The number of nitrogens with zero attached hydrogens (tertiary/aromatic N) is 2. The topological polar surface area (TPSA) is 17.8 Å². The van der Waals surface area contributed by atoms with E-state index in [1.54, 1.807) is 0 Å². The van der Waals surface area contributed by atoms with Gasteiger partial charge in [0.1, 0.15) is 5.82 Å². The number of aromatic nitrogens is 2. The molecule has 0 saturated heterocycles. The minimum atomic E-state index is 0.0161. The van der Waals surface area contributed by atoms with Gasteiger partial charge in [0.05, 0.1) is 15.7 Å². The van der Waals surface area contributed by atoms with E-state index < -0.39 is 0 Å². The highest BCUT2D eigenvalue weighted by atomic mass is 35.5. The van der Waals surface area contributed by atoms with Gasteiger partial charge in [0.15, 0.2) is 0 Å². The number of benzene rings is 1. The van der Waals surface area contributed by atoms with Crippen molar-refractivity contribution < 1.29 is 0 Å². The molecule has 114 valence electrons. The van der Waals surface area contributed by atoms with Gasteiger partial charge < -0.3 is 4.57 Å². The summed E-state index contributed by atoms with van der Waals surface area (Å²) in [4.78, 5) is 4.84. The molecule has 0 saturated carbocycles. The van der Waals surface area contributed by atoms with Gasteiger partial charge in [-0.3, -0.25) is 0 Å². The summed E-state index contributed by atoms with van der Waals surface area (Å²) in [5.74, 6) is 1.11. The number of hydrogen-bond acceptors (Lipinski definition) is 1. The summed E-state index contributed by atoms with van der Waals surface area (Å²) >= 11 is 12.1. The van der Waals surface area contributed by atoms with E-state index in [4.69, 9.17) is 28.2 Å². The zero-order chi connectivity index (χ0) is 15.6. The van der Waals surface area contributed by atoms with Crippen LogP contribution in [0.5, 0.6) is 0 Å². The van der Waals surface area contributed by atoms with Crippen molar-refractivity contribution >= 4 is 23.2 Å². The lowest BCUT2D eigenvalue weighted by molar-refractivity contribution is 0.488. The lowest BCUT2D eigenvalue weighted by atomic mass is 9.95. The van der Waals surface area contributed by atoms with Gasteiger partial charge in [-0.15, -0.1) is 0 Å². The molecule has 2 aromatic rings. The maximum absolute atomic E-state index is 6.12. The summed E-state index contributed by atoms with van der Waals surface area (Å²) in [6, 6.07) is 5.66. The van der Waals surface area contributed by atoms with Crippen molar-refractivity contribution in [2.45, 2.75) is 52.5 Å². The minimum absolute atomic E-state index is 0.0161. The first-order chi connectivity index (χ1) is 9.82. The molecular weight excluding hydrogens is 303 g/mol. The quantitative estimate of drug-likeness (QED) is 0.679. The molecule has 0 radical (unpaired) electrons. The SMILES string of the molecule is CCCCn1cc(-c2ccc(Cl)c(Cl)c2)nc1C(C)(C)C. The first-order valence-electron chi connectivity index (χ1n) is 7.36. The number of halogens is 2. The van der Waals surface area contributed by atoms with E-state index in [9.17, 15) is 0 Å². The molecule has 0 bridgehead atoms. The van der Waals surface area contributed by atoms with Crippen LogP contribution in [-0.2, 0) is 12.0 Å². The number of unbranched alkanes of at least 4 members (excludes halogenated alkanes) is 1. The highest BCUT2D eigenvalue weighted by Gasteiger charge is 2.22. The van der Waals surface area contributed by atoms with Crippen LogP contribution in [0.4, 0.5) is 0 Å². The Morgan fingerprint density at radius 2 is 1.86 bits per heavy atom. The lowest BCUT2D eigenvalue weighted by Gasteiger charge is -2.19. The molecule has 1 aromatic carbocycles. The summed E-state index contributed by atoms with van der Waals surface area (Å²) in [6.07, 6.45) is 4.44. The molecule has 0 spiro atoms. The third-order valence-electron chi connectivity index (χ3n) is 3.42. The van der Waals surface area contributed by atoms with E-state index in [2.05, 4.69) is 38.5 Å². The van der Waals surface area contributed by atoms with Gasteiger partial charge in [-0.05, 0) is 18.6 Å². The minimum Gasteiger partial charge on any atom is -0.334 e. The molecule has 0 atom stereocenters. The average molecular weight is 325 g/mol. The lowest BCUT2D eigenvalue weighted by Crippen LogP contribution is -2.18. The van der Waals surface area contributed by atoms with Gasteiger partial charge in [0.25, 0.3) is 0 Å². The Hall–Kier alpha value is -0.990. The number of rotatable bonds is 4. The van der Waals surface area contributed by atoms with Crippen molar-refractivity contribution in [1.82, 2.24) is 9.55 Å². The Labute approximate surface area is 137 Å². The Balaban J connectivity index is 2.45. The summed E-state index contributed by atoms with van der Waals surface area (Å²) in [5.41, 5.74) is 1.97. The molecule has 0 N–H and O–H groups in total. The Bertz CT molecular complexity index is 624. The average Bonchev–Trinajstić information content (AvgIpc) is 2.83. The number of imidazole rings is 1. The zero-order valence-electron chi connectivity index (χ0n) is 13.1. The van der Waals surface area contributed by atoms with Gasteiger partial charge in [-0.25, -0.2) is 4.98 Å². The van der Waals surface area contributed by atoms with Crippen molar-refractivity contribution in [2.75, 3.05) is 0 Å². The van der Waals surface area contributed by atoms with Crippen molar-refractivity contribution in [3.05, 3.63) is 40.3 Å². The molecule has 1 aromatic heterocycles. The van der Waals surface area contributed by atoms with Crippen LogP contribution in [0.25, 0.3) is 11.3 Å². The Morgan fingerprint density at radius 1 is 1.14 bits per heavy atom. The van der Waals surface area contributed by atoms with Crippen LogP contribution in [-0.4, -0.2) is 9.55 Å². The van der Waals surface area contributed by atoms with Gasteiger partial charge in [0.2, 0.25) is 0 Å². The van der Waals surface area contributed by atoms with E-state index in [0.29, 0.717) is 10.0 Å². The zero-order valence-corrected chi connectivity index (χ0v) is 14.6. The fourth-order valence-corrected chi connectivity index (χ4v) is 2.61. The van der Waals surface area contributed by atoms with Crippen LogP contribution < -0.4 is 0 Å². The molecule has 2 rings (SSSR count). The molecule has 21 heavy (non-hydrogen) atoms. The molecule has 0 fully saturated rings. The molecule has 4 heteroatoms. The second kappa shape index (κ2) is 6.41. The Kier molecular flexibility index (Phi) is 5.00. The predicted molar refractivity (Wildman–Crippen MR) is 91.3 cm³/mol. The van der Waals surface area contributed by atoms with E-state index >= 15 is 0 Å². The van der Waals surface area contributed by atoms with Crippen molar-refractivity contribution in [3.63, 3.8) is 0 Å². The summed E-state index contributed by atoms with van der Waals surface area (Å²) in [7, 11) is 0. The standard InChI is InChI=1S/C17H22Cl2N2/c1-5-6-9-21-11-15(20-16(21)17(2,3)4)12-7-8-13(18)14(19)10-12/h7-8,10-11H,5-6,9H2,1-4H3. The summed E-state index contributed by atoms with van der Waals surface area (Å²) in [5, 5.41) is 1.14. The normalized spacial score (nSPS) is 11.9. The summed E-state index contributed by atoms with van der Waals surface area (Å²) in [6.45, 7) is 9.77. The predicted octanol–water partition coefficient (Wildman–Crippen LogP) is 5.95. The third-order valence-corrected chi connectivity index (χ3v) is 4.15. The van der Waals surface area contributed by atoms with Gasteiger partial charge in [0, 0.05) is 23.7 Å². The Morgan fingerprint density at radius 3 is 2.43 bits per heavy atom. The van der Waals surface area contributed by atoms with Crippen LogP contribution in [0, 0.1) is 0 Å². The molecule has 0 aliphatic rings. The smallest absolute Gasteiger partial charge is 0.114 e. The second-order valence-corrected chi connectivity index (χ2v) is 7.19. The first kappa shape index (κ1) is 16.4. The van der Waals surface area contributed by atoms with Crippen molar-refractivity contribution in [2.24, 2.45) is 0 Å². The molecular formula is C17H22Cl2N2. The van der Waals surface area contributed by atoms with Crippen LogP contribution in [0.1, 0.15) is 46.4 Å². The molecule has 2 nitrogen and oxygen atoms in total. The molecule has 0 aliphatic carbocycles. The van der Waals surface area contributed by atoms with E-state index in [1.807, 2.05) is 18.2 Å². The van der Waals surface area contributed by atoms with Crippen LogP contribution >= 0.6 is 23.2 Å². The van der Waals surface area contributed by atoms with Crippen LogP contribution in [0.3, 0.4) is 0 Å². The number of aryl methyl sites for hydroxylation is 1. The fraction of sp³-hybridized carbons (Fsp3) is 0.471. The molecule has 0 unspecified atom stereocenters. The van der Waals surface area contributed by atoms with Crippen LogP contribution in [0.2, 0.25) is 10.0 Å². The molecule has 1 heterocycles. The largest absolute Gasteiger partial charge is 0.334 e. The van der Waals surface area contributed by atoms with E-state index in [0.717, 1.165) is 30.0 Å². The maximum atomic E-state index is 6.12. The number of hydrogen-bond donors (Lipinski definition) is 0. The molecule has 0 amide bonds. The molecule has 0 aliphatic heterocycles. The van der Waals surface area contributed by atoms with Crippen LogP contribution in [0.15, 0.2) is 24.4 Å². The third kappa shape index (κ3) is 3.81. The maximum Gasteiger partial charge on any atom is 0.114 e. The van der Waals surface area contributed by atoms with E-state index in [-0.39, 0.29) is 5.41 Å². The monoisotopic (exact) mass is 324 g/mol. The fourth-order valence-electron chi connectivity index (χ4n) is 2.31. The van der Waals surface area contributed by atoms with E-state index in [1.165, 1.54) is 6.42 Å². The summed E-state index contributed by atoms with van der Waals surface area (Å²) < 4.78 is 2.27. The highest BCUT2D eigenvalue weighted by molar-refractivity contribution is 6.42. The van der Waals surface area contributed by atoms with Crippen molar-refractivity contribution in [3.8, 4) is 11.3 Å². The second-order valence-electron chi connectivity index (χ2n) is 6.38.